The van der Waals surface area contributed by atoms with E-state index in [0.29, 0.717) is 22.9 Å². The molecule has 130 valence electrons. The van der Waals surface area contributed by atoms with Crippen LogP contribution in [0.5, 0.6) is 17.2 Å². The second-order valence-electron chi connectivity index (χ2n) is 5.29. The molecule has 0 aliphatic carbocycles. The molecule has 0 radical (unpaired) electrons. The van der Waals surface area contributed by atoms with E-state index in [1.165, 1.54) is 6.92 Å². The molecule has 0 spiro atoms. The summed E-state index contributed by atoms with van der Waals surface area (Å²) in [6.07, 6.45) is -0.961. The summed E-state index contributed by atoms with van der Waals surface area (Å²) in [6.45, 7) is 1.37. The van der Waals surface area contributed by atoms with Crippen molar-refractivity contribution < 1.29 is 28.5 Å². The number of rotatable bonds is 6. The van der Waals surface area contributed by atoms with E-state index in [9.17, 15) is 9.59 Å². The van der Waals surface area contributed by atoms with Gasteiger partial charge in [-0.2, -0.15) is 0 Å². The Morgan fingerprint density at radius 1 is 1.12 bits per heavy atom. The first kappa shape index (κ1) is 16.6. The lowest BCUT2D eigenvalue weighted by molar-refractivity contribution is -0.155. The maximum atomic E-state index is 12.1. The quantitative estimate of drug-likeness (QED) is 0.811. The number of hydrogen-bond acceptors (Lipinski definition) is 6. The summed E-state index contributed by atoms with van der Waals surface area (Å²) in [7, 11) is 0. The lowest BCUT2D eigenvalue weighted by Gasteiger charge is -2.14. The zero-order valence-corrected chi connectivity index (χ0v) is 13.6. The van der Waals surface area contributed by atoms with Crippen molar-refractivity contribution >= 4 is 17.6 Å². The molecule has 1 amide bonds. The molecule has 1 N–H and O–H groups in total. The zero-order chi connectivity index (χ0) is 17.6. The second kappa shape index (κ2) is 7.57. The molecule has 7 nitrogen and oxygen atoms in total. The fourth-order valence-corrected chi connectivity index (χ4v) is 2.16. The monoisotopic (exact) mass is 343 g/mol. The van der Waals surface area contributed by atoms with Crippen molar-refractivity contribution in [2.24, 2.45) is 0 Å². The summed E-state index contributed by atoms with van der Waals surface area (Å²) in [5.41, 5.74) is 0.526. The van der Waals surface area contributed by atoms with E-state index in [1.54, 1.807) is 42.5 Å². The highest BCUT2D eigenvalue weighted by atomic mass is 16.7. The second-order valence-corrected chi connectivity index (χ2v) is 5.29. The van der Waals surface area contributed by atoms with Gasteiger partial charge in [-0.25, -0.2) is 4.79 Å². The largest absolute Gasteiger partial charge is 0.482 e. The molecule has 0 aromatic heterocycles. The van der Waals surface area contributed by atoms with Crippen LogP contribution in [-0.4, -0.2) is 31.4 Å². The summed E-state index contributed by atoms with van der Waals surface area (Å²) < 4.78 is 20.8. The summed E-state index contributed by atoms with van der Waals surface area (Å²) in [4.78, 5) is 23.9. The number of fused-ring (bicyclic) bond motifs is 1. The van der Waals surface area contributed by atoms with E-state index in [1.807, 2.05) is 6.07 Å². The van der Waals surface area contributed by atoms with Gasteiger partial charge in [-0.15, -0.1) is 0 Å². The van der Waals surface area contributed by atoms with Crippen LogP contribution in [0.3, 0.4) is 0 Å². The Kier molecular flexibility index (Phi) is 5.03. The van der Waals surface area contributed by atoms with E-state index in [0.717, 1.165) is 0 Å². The van der Waals surface area contributed by atoms with Crippen LogP contribution in [-0.2, 0) is 14.3 Å². The average molecular weight is 343 g/mol. The van der Waals surface area contributed by atoms with Gasteiger partial charge in [0.25, 0.3) is 5.91 Å². The van der Waals surface area contributed by atoms with Crippen LogP contribution in [0.25, 0.3) is 0 Å². The van der Waals surface area contributed by atoms with E-state index in [-0.39, 0.29) is 13.4 Å². The Labute approximate surface area is 144 Å². The minimum Gasteiger partial charge on any atom is -0.482 e. The Morgan fingerprint density at radius 2 is 1.88 bits per heavy atom. The molecule has 2 aromatic carbocycles. The van der Waals surface area contributed by atoms with Gasteiger partial charge in [0.2, 0.25) is 6.79 Å². The molecule has 0 saturated heterocycles. The number of anilines is 1. The Bertz CT molecular complexity index is 761. The molecular weight excluding hydrogens is 326 g/mol. The number of para-hydroxylation sites is 1. The lowest BCUT2D eigenvalue weighted by atomic mass is 10.2. The summed E-state index contributed by atoms with van der Waals surface area (Å²) in [5.74, 6) is 0.648. The van der Waals surface area contributed by atoms with Crippen molar-refractivity contribution in [2.45, 2.75) is 13.0 Å². The van der Waals surface area contributed by atoms with Crippen molar-refractivity contribution in [3.05, 3.63) is 48.5 Å². The van der Waals surface area contributed by atoms with Crippen LogP contribution in [0.15, 0.2) is 48.5 Å². The zero-order valence-electron chi connectivity index (χ0n) is 13.6. The third-order valence-electron chi connectivity index (χ3n) is 3.42. The molecular formula is C18H17NO6. The molecule has 1 aliphatic heterocycles. The van der Waals surface area contributed by atoms with Crippen molar-refractivity contribution in [3.63, 3.8) is 0 Å². The van der Waals surface area contributed by atoms with Gasteiger partial charge in [-0.1, -0.05) is 18.2 Å². The van der Waals surface area contributed by atoms with Crippen molar-refractivity contribution in [3.8, 4) is 17.2 Å². The predicted octanol–water partition coefficient (Wildman–Crippen LogP) is 2.36. The van der Waals surface area contributed by atoms with Gasteiger partial charge >= 0.3 is 5.97 Å². The standard InChI is InChI=1S/C18H17NO6/c1-12(25-17(20)10-22-14-5-3-2-4-6-14)18(21)19-13-7-8-15-16(9-13)24-11-23-15/h2-9,12H,10-11H2,1H3,(H,19,21)/t12-/m1/s1. The summed E-state index contributed by atoms with van der Waals surface area (Å²) in [5, 5.41) is 2.66. The van der Waals surface area contributed by atoms with Crippen LogP contribution in [0.2, 0.25) is 0 Å². The fourth-order valence-electron chi connectivity index (χ4n) is 2.16. The molecule has 3 rings (SSSR count). The van der Waals surface area contributed by atoms with E-state index >= 15 is 0 Å². The van der Waals surface area contributed by atoms with Gasteiger partial charge in [0.1, 0.15) is 5.75 Å². The third-order valence-corrected chi connectivity index (χ3v) is 3.42. The number of nitrogens with one attached hydrogen (secondary N) is 1. The van der Waals surface area contributed by atoms with E-state index in [2.05, 4.69) is 5.32 Å². The molecule has 25 heavy (non-hydrogen) atoms. The SMILES string of the molecule is C[C@@H](OC(=O)COc1ccccc1)C(=O)Nc1ccc2c(c1)OCO2. The van der Waals surface area contributed by atoms with Crippen molar-refractivity contribution in [1.82, 2.24) is 0 Å². The lowest BCUT2D eigenvalue weighted by Crippen LogP contribution is -2.31. The number of hydrogen-bond donors (Lipinski definition) is 1. The highest BCUT2D eigenvalue weighted by Crippen LogP contribution is 2.34. The first-order valence-corrected chi connectivity index (χ1v) is 7.69. The smallest absolute Gasteiger partial charge is 0.344 e. The molecule has 0 saturated carbocycles. The topological polar surface area (TPSA) is 83.1 Å². The Balaban J connectivity index is 1.48. The van der Waals surface area contributed by atoms with Crippen molar-refractivity contribution in [1.29, 1.82) is 0 Å². The molecule has 0 fully saturated rings. The van der Waals surface area contributed by atoms with Gasteiger partial charge in [-0.3, -0.25) is 4.79 Å². The van der Waals surface area contributed by atoms with Crippen molar-refractivity contribution in [2.75, 3.05) is 18.7 Å². The highest BCUT2D eigenvalue weighted by molar-refractivity contribution is 5.95. The van der Waals surface area contributed by atoms with Crippen LogP contribution >= 0.6 is 0 Å². The molecule has 1 atom stereocenters. The fraction of sp³-hybridized carbons (Fsp3) is 0.222. The molecule has 1 heterocycles. The summed E-state index contributed by atoms with van der Waals surface area (Å²) in [6, 6.07) is 13.9. The number of esters is 1. The maximum absolute atomic E-state index is 12.1. The number of carbonyl (C=O) groups is 2. The van der Waals surface area contributed by atoms with Crippen LogP contribution in [0.4, 0.5) is 5.69 Å². The maximum Gasteiger partial charge on any atom is 0.344 e. The van der Waals surface area contributed by atoms with Gasteiger partial charge < -0.3 is 24.3 Å². The molecule has 1 aliphatic rings. The molecule has 7 heteroatoms. The van der Waals surface area contributed by atoms with Crippen LogP contribution in [0.1, 0.15) is 6.92 Å². The first-order valence-electron chi connectivity index (χ1n) is 7.69. The van der Waals surface area contributed by atoms with Crippen LogP contribution < -0.4 is 19.5 Å². The van der Waals surface area contributed by atoms with Gasteiger partial charge in [0, 0.05) is 11.8 Å². The highest BCUT2D eigenvalue weighted by Gasteiger charge is 2.20. The van der Waals surface area contributed by atoms with Gasteiger partial charge in [-0.05, 0) is 31.2 Å². The van der Waals surface area contributed by atoms with E-state index in [4.69, 9.17) is 18.9 Å². The first-order chi connectivity index (χ1) is 12.1. The Hall–Kier alpha value is -3.22. The third kappa shape index (κ3) is 4.41. The number of ether oxygens (including phenoxy) is 4. The number of amides is 1. The average Bonchev–Trinajstić information content (AvgIpc) is 3.08. The van der Waals surface area contributed by atoms with Gasteiger partial charge in [0.05, 0.1) is 0 Å². The normalized spacial score (nSPS) is 13.0. The van der Waals surface area contributed by atoms with Gasteiger partial charge in [0.15, 0.2) is 24.2 Å². The number of carbonyl (C=O) groups excluding carboxylic acids is 2. The summed E-state index contributed by atoms with van der Waals surface area (Å²) >= 11 is 0. The minimum absolute atomic E-state index is 0.155. The van der Waals surface area contributed by atoms with Crippen LogP contribution in [0, 0.1) is 0 Å². The Morgan fingerprint density at radius 3 is 2.68 bits per heavy atom. The number of benzene rings is 2. The molecule has 2 aromatic rings. The molecule has 0 unspecified atom stereocenters. The van der Waals surface area contributed by atoms with E-state index < -0.39 is 18.0 Å². The minimum atomic E-state index is -0.961. The molecule has 0 bridgehead atoms. The predicted molar refractivity (Wildman–Crippen MR) is 88.7 cm³/mol.